The molecule has 1 fully saturated rings. The van der Waals surface area contributed by atoms with Gasteiger partial charge in [-0.15, -0.1) is 0 Å². The molecule has 0 unspecified atom stereocenters. The second-order valence-corrected chi connectivity index (χ2v) is 7.55. The third kappa shape index (κ3) is 2.01. The summed E-state index contributed by atoms with van der Waals surface area (Å²) in [5.41, 5.74) is 5.87. The number of para-hydroxylation sites is 1. The van der Waals surface area contributed by atoms with Crippen LogP contribution in [0.25, 0.3) is 10.9 Å². The monoisotopic (exact) mass is 361 g/mol. The van der Waals surface area contributed by atoms with E-state index in [1.54, 1.807) is 11.9 Å². The van der Waals surface area contributed by atoms with E-state index in [1.807, 2.05) is 6.07 Å². The van der Waals surface area contributed by atoms with Crippen LogP contribution < -0.4 is 0 Å². The van der Waals surface area contributed by atoms with Crippen LogP contribution in [0.2, 0.25) is 0 Å². The van der Waals surface area contributed by atoms with Gasteiger partial charge in [0.25, 0.3) is 5.91 Å². The van der Waals surface area contributed by atoms with Crippen molar-refractivity contribution in [3.63, 3.8) is 0 Å². The number of nitrogens with zero attached hydrogens (tertiary/aromatic N) is 2. The molecule has 26 heavy (non-hydrogen) atoms. The summed E-state index contributed by atoms with van der Waals surface area (Å²) < 4.78 is 0. The average Bonchev–Trinajstić information content (AvgIpc) is 3.13. The number of hydrogen-bond acceptors (Lipinski definition) is 2. The normalized spacial score (nSPS) is 22.1. The predicted octanol–water partition coefficient (Wildman–Crippen LogP) is 3.55. The van der Waals surface area contributed by atoms with Crippen molar-refractivity contribution in [1.29, 1.82) is 0 Å². The number of aryl methyl sites for hydroxylation is 1. The van der Waals surface area contributed by atoms with E-state index < -0.39 is 0 Å². The highest BCUT2D eigenvalue weighted by Crippen LogP contribution is 2.43. The van der Waals surface area contributed by atoms with Crippen molar-refractivity contribution in [2.45, 2.75) is 25.4 Å². The van der Waals surface area contributed by atoms with Crippen molar-refractivity contribution in [1.82, 2.24) is 14.8 Å². The minimum atomic E-state index is -0.231. The zero-order valence-corrected chi connectivity index (χ0v) is 15.5. The summed E-state index contributed by atoms with van der Waals surface area (Å²) in [6, 6.07) is 16.5. The fourth-order valence-corrected chi connectivity index (χ4v) is 4.62. The number of carbonyl (C=O) groups is 1. The molecule has 5 heteroatoms. The van der Waals surface area contributed by atoms with Gasteiger partial charge in [0.15, 0.2) is 5.11 Å². The van der Waals surface area contributed by atoms with Crippen LogP contribution >= 0.6 is 12.2 Å². The Kier molecular flexibility index (Phi) is 3.25. The molecule has 1 amide bonds. The van der Waals surface area contributed by atoms with Crippen molar-refractivity contribution in [2.75, 3.05) is 7.05 Å². The molecular weight excluding hydrogens is 342 g/mol. The van der Waals surface area contributed by atoms with Gasteiger partial charge < -0.3 is 9.88 Å². The quantitative estimate of drug-likeness (QED) is 0.674. The fourth-order valence-electron chi connectivity index (χ4n) is 4.30. The number of H-pyrrole nitrogens is 1. The van der Waals surface area contributed by atoms with Gasteiger partial charge in [-0.1, -0.05) is 48.0 Å². The first kappa shape index (κ1) is 15.6. The van der Waals surface area contributed by atoms with E-state index in [2.05, 4.69) is 59.3 Å². The largest absolute Gasteiger partial charge is 0.356 e. The number of aromatic nitrogens is 1. The molecule has 4 nitrogen and oxygen atoms in total. The van der Waals surface area contributed by atoms with E-state index in [4.69, 9.17) is 12.2 Å². The first-order valence-electron chi connectivity index (χ1n) is 8.82. The standard InChI is InChI=1S/C21H19N3OS/c1-12-7-9-13(10-8-12)19-18-15(14-5-3-4-6-16(14)22-18)11-17-20(25)23(2)21(26)24(17)19/h3-10,17,19,22H,11H2,1-2H3/t17-,19-/m1/s1. The number of amides is 1. The zero-order chi connectivity index (χ0) is 18.0. The van der Waals surface area contributed by atoms with Gasteiger partial charge >= 0.3 is 0 Å². The molecule has 2 aliphatic rings. The summed E-state index contributed by atoms with van der Waals surface area (Å²) in [4.78, 5) is 20.2. The molecule has 2 atom stereocenters. The Hall–Kier alpha value is -2.66. The molecular formula is C21H19N3OS. The van der Waals surface area contributed by atoms with E-state index >= 15 is 0 Å². The molecule has 3 heterocycles. The Morgan fingerprint density at radius 1 is 1.12 bits per heavy atom. The van der Waals surface area contributed by atoms with E-state index in [0.29, 0.717) is 11.5 Å². The van der Waals surface area contributed by atoms with Crippen LogP contribution in [0, 0.1) is 6.92 Å². The maximum Gasteiger partial charge on any atom is 0.251 e. The molecule has 130 valence electrons. The number of fused-ring (bicyclic) bond motifs is 4. The van der Waals surface area contributed by atoms with Gasteiger partial charge in [-0.25, -0.2) is 0 Å². The van der Waals surface area contributed by atoms with Crippen LogP contribution in [0.4, 0.5) is 0 Å². The maximum absolute atomic E-state index is 12.8. The predicted molar refractivity (Wildman–Crippen MR) is 106 cm³/mol. The molecule has 2 aliphatic heterocycles. The number of aromatic amines is 1. The summed E-state index contributed by atoms with van der Waals surface area (Å²) in [7, 11) is 1.78. The summed E-state index contributed by atoms with van der Waals surface area (Å²) in [5, 5.41) is 1.81. The van der Waals surface area contributed by atoms with E-state index in [9.17, 15) is 4.79 Å². The van der Waals surface area contributed by atoms with Gasteiger partial charge in [-0.05, 0) is 36.3 Å². The summed E-state index contributed by atoms with van der Waals surface area (Å²) in [6.45, 7) is 2.08. The van der Waals surface area contributed by atoms with Gasteiger partial charge in [-0.2, -0.15) is 0 Å². The van der Waals surface area contributed by atoms with Crippen molar-refractivity contribution in [2.24, 2.45) is 0 Å². The van der Waals surface area contributed by atoms with Crippen molar-refractivity contribution < 1.29 is 4.79 Å². The molecule has 0 saturated carbocycles. The summed E-state index contributed by atoms with van der Waals surface area (Å²) >= 11 is 5.65. The van der Waals surface area contributed by atoms with E-state index in [-0.39, 0.29) is 18.0 Å². The first-order valence-corrected chi connectivity index (χ1v) is 9.23. The second kappa shape index (κ2) is 5.42. The topological polar surface area (TPSA) is 39.3 Å². The third-order valence-corrected chi connectivity index (χ3v) is 6.13. The van der Waals surface area contributed by atoms with Crippen molar-refractivity contribution >= 4 is 34.1 Å². The lowest BCUT2D eigenvalue weighted by Crippen LogP contribution is -2.44. The van der Waals surface area contributed by atoms with Crippen LogP contribution in [-0.4, -0.2) is 38.9 Å². The molecule has 5 rings (SSSR count). The number of hydrogen-bond donors (Lipinski definition) is 1. The van der Waals surface area contributed by atoms with Gasteiger partial charge in [0.05, 0.1) is 6.04 Å². The van der Waals surface area contributed by atoms with Crippen LogP contribution in [0.15, 0.2) is 48.5 Å². The smallest absolute Gasteiger partial charge is 0.251 e. The van der Waals surface area contributed by atoms with Crippen molar-refractivity contribution in [3.05, 3.63) is 70.9 Å². The molecule has 0 spiro atoms. The fraction of sp³-hybridized carbons (Fsp3) is 0.238. The molecule has 2 aromatic carbocycles. The van der Waals surface area contributed by atoms with Gasteiger partial charge in [0.1, 0.15) is 6.04 Å². The molecule has 3 aromatic rings. The number of carbonyl (C=O) groups excluding carboxylic acids is 1. The molecule has 1 saturated heterocycles. The SMILES string of the molecule is Cc1ccc([C@@H]2c3[nH]c4ccccc4c3C[C@@H]3C(=O)N(C)C(=S)N23)cc1. The van der Waals surface area contributed by atoms with Crippen LogP contribution in [-0.2, 0) is 11.2 Å². The minimum Gasteiger partial charge on any atom is -0.356 e. The Morgan fingerprint density at radius 2 is 1.85 bits per heavy atom. The summed E-state index contributed by atoms with van der Waals surface area (Å²) in [5.74, 6) is 0.0862. The lowest BCUT2D eigenvalue weighted by Gasteiger charge is -2.37. The Balaban J connectivity index is 1.77. The Bertz CT molecular complexity index is 1050. The maximum atomic E-state index is 12.8. The molecule has 0 bridgehead atoms. The van der Waals surface area contributed by atoms with E-state index in [1.165, 1.54) is 16.5 Å². The van der Waals surface area contributed by atoms with Gasteiger partial charge in [0, 0.05) is 30.1 Å². The lowest BCUT2D eigenvalue weighted by atomic mass is 9.88. The van der Waals surface area contributed by atoms with Crippen molar-refractivity contribution in [3.8, 4) is 0 Å². The van der Waals surface area contributed by atoms with E-state index in [0.717, 1.165) is 16.8 Å². The third-order valence-electron chi connectivity index (χ3n) is 5.65. The second-order valence-electron chi connectivity index (χ2n) is 7.18. The number of rotatable bonds is 1. The van der Waals surface area contributed by atoms with Gasteiger partial charge in [-0.3, -0.25) is 9.69 Å². The average molecular weight is 361 g/mol. The summed E-state index contributed by atoms with van der Waals surface area (Å²) in [6.07, 6.45) is 0.686. The number of nitrogens with one attached hydrogen (secondary N) is 1. The number of thiocarbonyl (C=S) groups is 1. The number of benzene rings is 2. The Labute approximate surface area is 157 Å². The molecule has 0 aliphatic carbocycles. The number of likely N-dealkylation sites (N-methyl/N-ethyl adjacent to an activating group) is 1. The molecule has 1 aromatic heterocycles. The van der Waals surface area contributed by atoms with Crippen LogP contribution in [0.3, 0.4) is 0 Å². The van der Waals surface area contributed by atoms with Gasteiger partial charge in [0.2, 0.25) is 0 Å². The molecule has 0 radical (unpaired) electrons. The van der Waals surface area contributed by atoms with Crippen LogP contribution in [0.5, 0.6) is 0 Å². The molecule has 1 N–H and O–H groups in total. The zero-order valence-electron chi connectivity index (χ0n) is 14.7. The highest BCUT2D eigenvalue weighted by Gasteiger charge is 2.49. The Morgan fingerprint density at radius 3 is 2.62 bits per heavy atom. The highest BCUT2D eigenvalue weighted by atomic mass is 32.1. The first-order chi connectivity index (χ1) is 12.6. The van der Waals surface area contributed by atoms with Crippen LogP contribution in [0.1, 0.15) is 28.4 Å². The highest BCUT2D eigenvalue weighted by molar-refractivity contribution is 7.80. The minimum absolute atomic E-state index is 0.0712. The lowest BCUT2D eigenvalue weighted by molar-refractivity contribution is -0.127.